The summed E-state index contributed by atoms with van der Waals surface area (Å²) in [4.78, 5) is 15.6. The van der Waals surface area contributed by atoms with Gasteiger partial charge in [-0.05, 0) is 41.0 Å². The van der Waals surface area contributed by atoms with Gasteiger partial charge in [-0.3, -0.25) is 4.79 Å². The lowest BCUT2D eigenvalue weighted by Gasteiger charge is -2.39. The van der Waals surface area contributed by atoms with E-state index in [0.717, 1.165) is 28.9 Å². The number of rotatable bonds is 5. The second-order valence-corrected chi connectivity index (χ2v) is 8.56. The zero-order valence-corrected chi connectivity index (χ0v) is 17.5. The topological polar surface area (TPSA) is 53.0 Å². The Labute approximate surface area is 172 Å². The van der Waals surface area contributed by atoms with Crippen molar-refractivity contribution in [3.8, 4) is 0 Å². The summed E-state index contributed by atoms with van der Waals surface area (Å²) in [7, 11) is 4.07. The monoisotopic (exact) mass is 392 g/mol. The van der Waals surface area contributed by atoms with Crippen LogP contribution in [0.5, 0.6) is 0 Å². The summed E-state index contributed by atoms with van der Waals surface area (Å²) in [6.45, 7) is 5.85. The molecule has 0 spiro atoms. The molecule has 2 aliphatic rings. The number of aliphatic carboxylic acids is 1. The van der Waals surface area contributed by atoms with E-state index in [0.29, 0.717) is 6.61 Å². The number of anilines is 2. The molecule has 2 aromatic carbocycles. The standard InChI is InChI=1S/C24H28N2O3/c1-23(2)20-15-18(16-22(27)28)7-10-21(20)26-13-14-29-24(23,26)12-11-17-5-8-19(9-6-17)25(3)4/h5-12,15H,13-14,16H2,1-4H3,(H,27,28)/b12-11+. The first kappa shape index (κ1) is 19.5. The lowest BCUT2D eigenvalue weighted by Crippen LogP contribution is -2.51. The number of nitrogens with zero attached hydrogens (tertiary/aromatic N) is 2. The fraction of sp³-hybridized carbons (Fsp3) is 0.375. The van der Waals surface area contributed by atoms with Crippen LogP contribution < -0.4 is 9.80 Å². The van der Waals surface area contributed by atoms with Gasteiger partial charge in [0.1, 0.15) is 0 Å². The molecular formula is C24H28N2O3. The lowest BCUT2D eigenvalue weighted by molar-refractivity contribution is -0.136. The van der Waals surface area contributed by atoms with Gasteiger partial charge >= 0.3 is 5.97 Å². The van der Waals surface area contributed by atoms with E-state index in [1.807, 2.05) is 32.3 Å². The SMILES string of the molecule is CN(C)c1ccc(/C=C/C23OCCN2c2ccc(CC(=O)O)cc2C3(C)C)cc1. The zero-order valence-electron chi connectivity index (χ0n) is 17.5. The van der Waals surface area contributed by atoms with E-state index in [-0.39, 0.29) is 11.8 Å². The fourth-order valence-corrected chi connectivity index (χ4v) is 4.59. The molecule has 0 amide bonds. The Hall–Kier alpha value is -2.79. The van der Waals surface area contributed by atoms with Gasteiger partial charge in [-0.1, -0.05) is 44.2 Å². The molecular weight excluding hydrogens is 364 g/mol. The van der Waals surface area contributed by atoms with Crippen molar-refractivity contribution in [3.05, 3.63) is 65.2 Å². The average molecular weight is 392 g/mol. The number of hydrogen-bond donors (Lipinski definition) is 1. The molecule has 1 unspecified atom stereocenters. The van der Waals surface area contributed by atoms with Crippen molar-refractivity contribution >= 4 is 23.4 Å². The Kier molecular flexibility index (Phi) is 4.66. The molecule has 152 valence electrons. The molecule has 29 heavy (non-hydrogen) atoms. The number of ether oxygens (including phenoxy) is 1. The van der Waals surface area contributed by atoms with Crippen LogP contribution in [0.4, 0.5) is 11.4 Å². The van der Waals surface area contributed by atoms with Gasteiger partial charge in [0.15, 0.2) is 5.72 Å². The third kappa shape index (κ3) is 3.10. The van der Waals surface area contributed by atoms with Crippen molar-refractivity contribution in [2.24, 2.45) is 0 Å². The number of carboxylic acid groups (broad SMARTS) is 1. The number of benzene rings is 2. The molecule has 1 fully saturated rings. The Bertz CT molecular complexity index is 963. The van der Waals surface area contributed by atoms with Gasteiger partial charge in [0.05, 0.1) is 13.0 Å². The summed E-state index contributed by atoms with van der Waals surface area (Å²) in [5, 5.41) is 9.17. The predicted molar refractivity (Wildman–Crippen MR) is 117 cm³/mol. The second kappa shape index (κ2) is 6.92. The minimum absolute atomic E-state index is 0.0330. The summed E-state index contributed by atoms with van der Waals surface area (Å²) < 4.78 is 6.38. The molecule has 0 bridgehead atoms. The van der Waals surface area contributed by atoms with Crippen LogP contribution in [-0.2, 0) is 21.4 Å². The van der Waals surface area contributed by atoms with Crippen molar-refractivity contribution in [3.63, 3.8) is 0 Å². The van der Waals surface area contributed by atoms with Crippen molar-refractivity contribution in [2.75, 3.05) is 37.0 Å². The highest BCUT2D eigenvalue weighted by Crippen LogP contribution is 2.55. The van der Waals surface area contributed by atoms with Crippen LogP contribution in [0.2, 0.25) is 0 Å². The van der Waals surface area contributed by atoms with Gasteiger partial charge in [0, 0.05) is 37.4 Å². The Morgan fingerprint density at radius 1 is 1.21 bits per heavy atom. The van der Waals surface area contributed by atoms with Gasteiger partial charge < -0.3 is 19.6 Å². The van der Waals surface area contributed by atoms with Crippen LogP contribution in [0.1, 0.15) is 30.5 Å². The molecule has 4 rings (SSSR count). The van der Waals surface area contributed by atoms with Crippen LogP contribution in [-0.4, -0.2) is 44.0 Å². The molecule has 0 radical (unpaired) electrons. The summed E-state index contributed by atoms with van der Waals surface area (Å²) >= 11 is 0. The number of carboxylic acids is 1. The highest BCUT2D eigenvalue weighted by atomic mass is 16.5. The van der Waals surface area contributed by atoms with Gasteiger partial charge in [-0.25, -0.2) is 0 Å². The third-order valence-corrected chi connectivity index (χ3v) is 6.23. The van der Waals surface area contributed by atoms with E-state index in [1.54, 1.807) is 0 Å². The molecule has 0 aliphatic carbocycles. The van der Waals surface area contributed by atoms with Crippen LogP contribution in [0.15, 0.2) is 48.5 Å². The predicted octanol–water partition coefficient (Wildman–Crippen LogP) is 3.92. The maximum Gasteiger partial charge on any atom is 0.307 e. The molecule has 5 nitrogen and oxygen atoms in total. The van der Waals surface area contributed by atoms with E-state index >= 15 is 0 Å². The van der Waals surface area contributed by atoms with Crippen LogP contribution >= 0.6 is 0 Å². The smallest absolute Gasteiger partial charge is 0.307 e. The largest absolute Gasteiger partial charge is 0.481 e. The zero-order chi connectivity index (χ0) is 20.8. The van der Waals surface area contributed by atoms with Crippen molar-refractivity contribution in [2.45, 2.75) is 31.4 Å². The van der Waals surface area contributed by atoms with E-state index < -0.39 is 11.7 Å². The third-order valence-electron chi connectivity index (χ3n) is 6.23. The molecule has 1 saturated heterocycles. The van der Waals surface area contributed by atoms with Crippen molar-refractivity contribution in [1.29, 1.82) is 0 Å². The minimum Gasteiger partial charge on any atom is -0.481 e. The first-order chi connectivity index (χ1) is 13.7. The molecule has 2 aromatic rings. The van der Waals surface area contributed by atoms with Gasteiger partial charge in [0.25, 0.3) is 0 Å². The Balaban J connectivity index is 1.71. The van der Waals surface area contributed by atoms with Crippen LogP contribution in [0, 0.1) is 0 Å². The molecule has 2 heterocycles. The van der Waals surface area contributed by atoms with Gasteiger partial charge in [-0.15, -0.1) is 0 Å². The minimum atomic E-state index is -0.812. The van der Waals surface area contributed by atoms with Crippen molar-refractivity contribution < 1.29 is 14.6 Å². The highest BCUT2D eigenvalue weighted by molar-refractivity contribution is 5.74. The van der Waals surface area contributed by atoms with Crippen molar-refractivity contribution in [1.82, 2.24) is 0 Å². The second-order valence-electron chi connectivity index (χ2n) is 8.56. The molecule has 5 heteroatoms. The van der Waals surface area contributed by atoms with E-state index in [9.17, 15) is 9.90 Å². The molecule has 0 saturated carbocycles. The maximum atomic E-state index is 11.2. The van der Waals surface area contributed by atoms with Crippen LogP contribution in [0.3, 0.4) is 0 Å². The summed E-state index contributed by atoms with van der Waals surface area (Å²) in [6.07, 6.45) is 4.33. The van der Waals surface area contributed by atoms with Crippen LogP contribution in [0.25, 0.3) is 6.08 Å². The van der Waals surface area contributed by atoms with E-state index in [1.165, 1.54) is 5.69 Å². The maximum absolute atomic E-state index is 11.2. The average Bonchev–Trinajstić information content (AvgIpc) is 3.17. The Morgan fingerprint density at radius 2 is 1.93 bits per heavy atom. The first-order valence-corrected chi connectivity index (χ1v) is 9.98. The van der Waals surface area contributed by atoms with E-state index in [4.69, 9.17) is 4.74 Å². The summed E-state index contributed by atoms with van der Waals surface area (Å²) in [6, 6.07) is 14.4. The molecule has 2 aliphatic heterocycles. The highest BCUT2D eigenvalue weighted by Gasteiger charge is 2.59. The molecule has 0 aromatic heterocycles. The lowest BCUT2D eigenvalue weighted by atomic mass is 9.76. The molecule has 1 atom stereocenters. The van der Waals surface area contributed by atoms with E-state index in [2.05, 4.69) is 60.1 Å². The number of carbonyl (C=O) groups is 1. The summed E-state index contributed by atoms with van der Waals surface area (Å²) in [5.74, 6) is -0.812. The molecule has 1 N–H and O–H groups in total. The number of hydrogen-bond acceptors (Lipinski definition) is 4. The quantitative estimate of drug-likeness (QED) is 0.836. The fourth-order valence-electron chi connectivity index (χ4n) is 4.59. The van der Waals surface area contributed by atoms with Gasteiger partial charge in [-0.2, -0.15) is 0 Å². The van der Waals surface area contributed by atoms with Gasteiger partial charge in [0.2, 0.25) is 0 Å². The Morgan fingerprint density at radius 3 is 2.59 bits per heavy atom. The summed E-state index contributed by atoms with van der Waals surface area (Å²) in [5.41, 5.74) is 4.50. The first-order valence-electron chi connectivity index (χ1n) is 9.98. The normalized spacial score (nSPS) is 22.0. The number of fused-ring (bicyclic) bond motifs is 3.